The van der Waals surface area contributed by atoms with Gasteiger partial charge in [0.05, 0.1) is 0 Å². The van der Waals surface area contributed by atoms with Crippen molar-refractivity contribution in [1.29, 1.82) is 0 Å². The first kappa shape index (κ1) is 15.0. The largest absolute Gasteiger partial charge is 0.491 e. The number of nitrogens with zero attached hydrogens (tertiary/aromatic N) is 1. The standard InChI is InChI=1S/C16H23NO3/c1-3-17(14-7-8-14)10-15(19)11-20-16-6-4-5-13(9-16)12(2)18/h4-6,9,14-15,19H,3,7-8,10-11H2,1-2H3. The van der Waals surface area contributed by atoms with E-state index in [1.807, 2.05) is 0 Å². The van der Waals surface area contributed by atoms with Crippen LogP contribution < -0.4 is 4.74 Å². The van der Waals surface area contributed by atoms with Gasteiger partial charge in [0.25, 0.3) is 0 Å². The van der Waals surface area contributed by atoms with E-state index in [1.54, 1.807) is 24.3 Å². The number of hydrogen-bond donors (Lipinski definition) is 1. The molecule has 0 saturated heterocycles. The number of hydrogen-bond acceptors (Lipinski definition) is 4. The molecule has 4 heteroatoms. The molecule has 0 aliphatic heterocycles. The minimum absolute atomic E-state index is 0.0156. The first-order chi connectivity index (χ1) is 9.60. The van der Waals surface area contributed by atoms with E-state index in [-0.39, 0.29) is 12.4 Å². The van der Waals surface area contributed by atoms with Crippen LogP contribution >= 0.6 is 0 Å². The van der Waals surface area contributed by atoms with Gasteiger partial charge < -0.3 is 9.84 Å². The van der Waals surface area contributed by atoms with Crippen molar-refractivity contribution in [3.05, 3.63) is 29.8 Å². The molecule has 1 aromatic carbocycles. The van der Waals surface area contributed by atoms with Crippen LogP contribution in [-0.4, -0.2) is 47.6 Å². The number of Topliss-reactive ketones (excluding diaryl/α,β-unsaturated/α-hetero) is 1. The number of likely N-dealkylation sites (N-methyl/N-ethyl adjacent to an activating group) is 1. The molecule has 1 aliphatic carbocycles. The van der Waals surface area contributed by atoms with E-state index in [4.69, 9.17) is 4.74 Å². The zero-order valence-corrected chi connectivity index (χ0v) is 12.2. The highest BCUT2D eigenvalue weighted by molar-refractivity contribution is 5.94. The van der Waals surface area contributed by atoms with Crippen LogP contribution in [0, 0.1) is 0 Å². The van der Waals surface area contributed by atoms with E-state index >= 15 is 0 Å². The second kappa shape index (κ2) is 6.86. The van der Waals surface area contributed by atoms with Crippen molar-refractivity contribution < 1.29 is 14.6 Å². The fraction of sp³-hybridized carbons (Fsp3) is 0.562. The Labute approximate surface area is 120 Å². The molecule has 1 atom stereocenters. The fourth-order valence-electron chi connectivity index (χ4n) is 2.30. The predicted molar refractivity (Wildman–Crippen MR) is 78.2 cm³/mol. The summed E-state index contributed by atoms with van der Waals surface area (Å²) < 4.78 is 5.58. The number of aliphatic hydroxyl groups is 1. The number of benzene rings is 1. The van der Waals surface area contributed by atoms with Crippen LogP contribution in [0.25, 0.3) is 0 Å². The summed E-state index contributed by atoms with van der Waals surface area (Å²) in [5, 5.41) is 10.0. The number of rotatable bonds is 8. The van der Waals surface area contributed by atoms with Gasteiger partial charge in [-0.1, -0.05) is 19.1 Å². The van der Waals surface area contributed by atoms with Crippen molar-refractivity contribution in [3.8, 4) is 5.75 Å². The minimum Gasteiger partial charge on any atom is -0.491 e. The van der Waals surface area contributed by atoms with E-state index in [2.05, 4.69) is 11.8 Å². The Kier molecular flexibility index (Phi) is 5.15. The van der Waals surface area contributed by atoms with Crippen molar-refractivity contribution in [1.82, 2.24) is 4.90 Å². The zero-order valence-electron chi connectivity index (χ0n) is 12.2. The van der Waals surface area contributed by atoms with Gasteiger partial charge in [-0.25, -0.2) is 0 Å². The summed E-state index contributed by atoms with van der Waals surface area (Å²) in [6.45, 7) is 5.50. The lowest BCUT2D eigenvalue weighted by Crippen LogP contribution is -2.36. The summed E-state index contributed by atoms with van der Waals surface area (Å²) in [6, 6.07) is 7.72. The van der Waals surface area contributed by atoms with Crippen LogP contribution in [0.2, 0.25) is 0 Å². The Bertz CT molecular complexity index is 457. The lowest BCUT2D eigenvalue weighted by Gasteiger charge is -2.23. The van der Waals surface area contributed by atoms with Crippen LogP contribution in [0.4, 0.5) is 0 Å². The van der Waals surface area contributed by atoms with E-state index in [9.17, 15) is 9.90 Å². The molecule has 1 unspecified atom stereocenters. The maximum Gasteiger partial charge on any atom is 0.159 e. The van der Waals surface area contributed by atoms with Gasteiger partial charge in [-0.15, -0.1) is 0 Å². The highest BCUT2D eigenvalue weighted by Gasteiger charge is 2.29. The Morgan fingerprint density at radius 1 is 1.50 bits per heavy atom. The van der Waals surface area contributed by atoms with Crippen molar-refractivity contribution in [2.75, 3.05) is 19.7 Å². The molecule has 1 fully saturated rings. The lowest BCUT2D eigenvalue weighted by molar-refractivity contribution is 0.0672. The summed E-state index contributed by atoms with van der Waals surface area (Å²) in [4.78, 5) is 13.6. The number of aliphatic hydroxyl groups excluding tert-OH is 1. The summed E-state index contributed by atoms with van der Waals surface area (Å²) in [5.41, 5.74) is 0.630. The van der Waals surface area contributed by atoms with Gasteiger partial charge in [0.2, 0.25) is 0 Å². The Morgan fingerprint density at radius 3 is 2.85 bits per heavy atom. The second-order valence-electron chi connectivity index (χ2n) is 5.37. The minimum atomic E-state index is -0.503. The molecule has 1 saturated carbocycles. The monoisotopic (exact) mass is 277 g/mol. The molecule has 0 spiro atoms. The van der Waals surface area contributed by atoms with E-state index in [0.717, 1.165) is 6.54 Å². The highest BCUT2D eigenvalue weighted by Crippen LogP contribution is 2.26. The maximum absolute atomic E-state index is 11.3. The first-order valence-electron chi connectivity index (χ1n) is 7.26. The molecule has 0 radical (unpaired) electrons. The van der Waals surface area contributed by atoms with Gasteiger partial charge in [-0.05, 0) is 38.4 Å². The van der Waals surface area contributed by atoms with Gasteiger partial charge >= 0.3 is 0 Å². The quantitative estimate of drug-likeness (QED) is 0.739. The molecule has 0 bridgehead atoms. The molecule has 2 rings (SSSR count). The van der Waals surface area contributed by atoms with Crippen LogP contribution in [0.15, 0.2) is 24.3 Å². The molecule has 4 nitrogen and oxygen atoms in total. The van der Waals surface area contributed by atoms with Crippen molar-refractivity contribution in [2.24, 2.45) is 0 Å². The average molecular weight is 277 g/mol. The van der Waals surface area contributed by atoms with Crippen LogP contribution in [0.1, 0.15) is 37.0 Å². The van der Waals surface area contributed by atoms with Crippen molar-refractivity contribution in [3.63, 3.8) is 0 Å². The van der Waals surface area contributed by atoms with Crippen LogP contribution in [0.3, 0.4) is 0 Å². The zero-order chi connectivity index (χ0) is 14.5. The summed E-state index contributed by atoms with van der Waals surface area (Å²) in [6.07, 6.45) is 1.97. The molecule has 1 aromatic rings. The van der Waals surface area contributed by atoms with Crippen LogP contribution in [-0.2, 0) is 0 Å². The van der Waals surface area contributed by atoms with Gasteiger partial charge in [-0.3, -0.25) is 9.69 Å². The Balaban J connectivity index is 1.81. The van der Waals surface area contributed by atoms with Crippen molar-refractivity contribution in [2.45, 2.75) is 38.8 Å². The van der Waals surface area contributed by atoms with Gasteiger partial charge in [-0.2, -0.15) is 0 Å². The Hall–Kier alpha value is -1.39. The van der Waals surface area contributed by atoms with Gasteiger partial charge in [0.1, 0.15) is 18.5 Å². The third-order valence-corrected chi connectivity index (χ3v) is 3.60. The number of carbonyl (C=O) groups excluding carboxylic acids is 1. The van der Waals surface area contributed by atoms with Crippen LogP contribution in [0.5, 0.6) is 5.75 Å². The number of ketones is 1. The normalized spacial score (nSPS) is 16.2. The molecular formula is C16H23NO3. The number of carbonyl (C=O) groups is 1. The fourth-order valence-corrected chi connectivity index (χ4v) is 2.30. The topological polar surface area (TPSA) is 49.8 Å². The maximum atomic E-state index is 11.3. The molecule has 20 heavy (non-hydrogen) atoms. The average Bonchev–Trinajstić information content (AvgIpc) is 3.27. The first-order valence-corrected chi connectivity index (χ1v) is 7.26. The smallest absolute Gasteiger partial charge is 0.159 e. The summed E-state index contributed by atoms with van der Waals surface area (Å²) >= 11 is 0. The summed E-state index contributed by atoms with van der Waals surface area (Å²) in [5.74, 6) is 0.646. The SMILES string of the molecule is CCN(CC(O)COc1cccc(C(C)=O)c1)C1CC1. The summed E-state index contributed by atoms with van der Waals surface area (Å²) in [7, 11) is 0. The molecule has 1 aliphatic rings. The molecule has 0 heterocycles. The number of ether oxygens (including phenoxy) is 1. The molecule has 0 aromatic heterocycles. The molecule has 1 N–H and O–H groups in total. The molecule has 110 valence electrons. The van der Waals surface area contributed by atoms with Crippen molar-refractivity contribution >= 4 is 5.78 Å². The Morgan fingerprint density at radius 2 is 2.25 bits per heavy atom. The second-order valence-corrected chi connectivity index (χ2v) is 5.37. The lowest BCUT2D eigenvalue weighted by atomic mass is 10.1. The molecule has 0 amide bonds. The van der Waals surface area contributed by atoms with E-state index < -0.39 is 6.10 Å². The van der Waals surface area contributed by atoms with E-state index in [1.165, 1.54) is 19.8 Å². The van der Waals surface area contributed by atoms with Gasteiger partial charge in [0, 0.05) is 18.2 Å². The van der Waals surface area contributed by atoms with Gasteiger partial charge in [0.15, 0.2) is 5.78 Å². The predicted octanol–water partition coefficient (Wildman–Crippen LogP) is 2.11. The third-order valence-electron chi connectivity index (χ3n) is 3.60. The third kappa shape index (κ3) is 4.32. The molecular weight excluding hydrogens is 254 g/mol. The highest BCUT2D eigenvalue weighted by atomic mass is 16.5. The van der Waals surface area contributed by atoms with E-state index in [0.29, 0.717) is 23.9 Å².